The van der Waals surface area contributed by atoms with Crippen LogP contribution < -0.4 is 15.4 Å². The van der Waals surface area contributed by atoms with Crippen LogP contribution in [0, 0.1) is 11.3 Å². The van der Waals surface area contributed by atoms with Crippen molar-refractivity contribution in [2.75, 3.05) is 46.9 Å². The second-order valence-electron chi connectivity index (χ2n) is 9.43. The summed E-state index contributed by atoms with van der Waals surface area (Å²) in [6.45, 7) is 13.7. The van der Waals surface area contributed by atoms with Crippen LogP contribution in [0.3, 0.4) is 0 Å². The van der Waals surface area contributed by atoms with E-state index in [4.69, 9.17) is 14.5 Å². The Bertz CT molecular complexity index is 661. The van der Waals surface area contributed by atoms with Gasteiger partial charge < -0.3 is 25.0 Å². The summed E-state index contributed by atoms with van der Waals surface area (Å²) in [5.74, 6) is 2.25. The van der Waals surface area contributed by atoms with Crippen molar-refractivity contribution in [3.05, 3.63) is 29.8 Å². The molecule has 1 aromatic rings. The van der Waals surface area contributed by atoms with Crippen LogP contribution in [0.2, 0.25) is 0 Å². The maximum absolute atomic E-state index is 6.12. The Hall–Kier alpha value is -1.06. The molecule has 1 aliphatic rings. The smallest absolute Gasteiger partial charge is 0.191 e. The average Bonchev–Trinajstić information content (AvgIpc) is 2.69. The van der Waals surface area contributed by atoms with E-state index in [1.54, 1.807) is 0 Å². The number of halogens is 1. The minimum Gasteiger partial charge on any atom is -0.492 e. The normalized spacial score (nSPS) is 19.6. The molecule has 2 atom stereocenters. The molecule has 0 aliphatic carbocycles. The predicted octanol–water partition coefficient (Wildman–Crippen LogP) is 4.14. The molecule has 0 amide bonds. The lowest BCUT2D eigenvalue weighted by Crippen LogP contribution is -2.47. The van der Waals surface area contributed by atoms with E-state index in [0.717, 1.165) is 49.9 Å². The van der Waals surface area contributed by atoms with Gasteiger partial charge in [0.1, 0.15) is 12.4 Å². The quantitative estimate of drug-likeness (QED) is 0.277. The van der Waals surface area contributed by atoms with Gasteiger partial charge in [-0.3, -0.25) is 0 Å². The van der Waals surface area contributed by atoms with E-state index in [-0.39, 0.29) is 35.5 Å². The first kappa shape index (κ1) is 28.0. The molecule has 1 aliphatic heterocycles. The summed E-state index contributed by atoms with van der Waals surface area (Å²) >= 11 is 0. The average molecular weight is 547 g/mol. The number of guanidine groups is 1. The number of hydrogen-bond acceptors (Lipinski definition) is 4. The van der Waals surface area contributed by atoms with Gasteiger partial charge in [-0.25, -0.2) is 4.99 Å². The van der Waals surface area contributed by atoms with Crippen molar-refractivity contribution in [1.82, 2.24) is 15.5 Å². The van der Waals surface area contributed by atoms with E-state index < -0.39 is 0 Å². The fraction of sp³-hybridized carbons (Fsp3) is 0.708. The maximum atomic E-state index is 6.12. The molecule has 0 bridgehead atoms. The summed E-state index contributed by atoms with van der Waals surface area (Å²) in [4.78, 5) is 6.91. The number of hydrogen-bond donors (Lipinski definition) is 2. The molecule has 1 aromatic carbocycles. The van der Waals surface area contributed by atoms with Gasteiger partial charge in [0, 0.05) is 32.2 Å². The third-order valence-electron chi connectivity index (χ3n) is 5.30. The number of nitrogens with zero attached hydrogens (tertiary/aromatic N) is 2. The molecule has 178 valence electrons. The van der Waals surface area contributed by atoms with Gasteiger partial charge in [-0.15, -0.1) is 24.0 Å². The van der Waals surface area contributed by atoms with Gasteiger partial charge in [0.05, 0.1) is 12.6 Å². The summed E-state index contributed by atoms with van der Waals surface area (Å²) in [6, 6.07) is 8.20. The standard InChI is InChI=1S/C24H42N4O2.HI/c1-7-25-23(27-18-20-11-9-14-30-22(20)24(2,3)4)26-17-19-10-8-12-21(16-19)29-15-13-28(5)6;/h8,10,12,16,20,22H,7,9,11,13-15,17-18H2,1-6H3,(H2,25,26,27);1H. The second kappa shape index (κ2) is 14.2. The molecule has 1 fully saturated rings. The van der Waals surface area contributed by atoms with Crippen LogP contribution in [0.4, 0.5) is 0 Å². The SMILES string of the molecule is CCNC(=NCc1cccc(OCCN(C)C)c1)NCC1CCCOC1C(C)(C)C.I. The lowest BCUT2D eigenvalue weighted by molar-refractivity contribution is -0.0835. The summed E-state index contributed by atoms with van der Waals surface area (Å²) in [6.07, 6.45) is 2.60. The van der Waals surface area contributed by atoms with Gasteiger partial charge in [-0.1, -0.05) is 32.9 Å². The fourth-order valence-corrected chi connectivity index (χ4v) is 3.83. The highest BCUT2D eigenvalue weighted by molar-refractivity contribution is 14.0. The van der Waals surface area contributed by atoms with Crippen molar-refractivity contribution < 1.29 is 9.47 Å². The van der Waals surface area contributed by atoms with Crippen LogP contribution >= 0.6 is 24.0 Å². The molecule has 1 heterocycles. The number of ether oxygens (including phenoxy) is 2. The van der Waals surface area contributed by atoms with Gasteiger partial charge in [0.15, 0.2) is 5.96 Å². The largest absolute Gasteiger partial charge is 0.492 e. The summed E-state index contributed by atoms with van der Waals surface area (Å²) in [7, 11) is 4.10. The van der Waals surface area contributed by atoms with Gasteiger partial charge >= 0.3 is 0 Å². The first-order chi connectivity index (χ1) is 14.3. The number of benzene rings is 1. The Morgan fingerprint density at radius 1 is 1.26 bits per heavy atom. The zero-order valence-corrected chi connectivity index (χ0v) is 22.6. The minimum absolute atomic E-state index is 0. The van der Waals surface area contributed by atoms with Gasteiger partial charge in [0.25, 0.3) is 0 Å². The van der Waals surface area contributed by atoms with E-state index in [2.05, 4.69) is 55.4 Å². The molecule has 31 heavy (non-hydrogen) atoms. The number of rotatable bonds is 9. The molecule has 6 nitrogen and oxygen atoms in total. The van der Waals surface area contributed by atoms with E-state index in [1.165, 1.54) is 6.42 Å². The monoisotopic (exact) mass is 546 g/mol. The Morgan fingerprint density at radius 3 is 2.71 bits per heavy atom. The van der Waals surface area contributed by atoms with Crippen molar-refractivity contribution in [3.63, 3.8) is 0 Å². The van der Waals surface area contributed by atoms with E-state index in [1.807, 2.05) is 26.2 Å². The highest BCUT2D eigenvalue weighted by Gasteiger charge is 2.35. The number of aliphatic imine (C=N–C) groups is 1. The second-order valence-corrected chi connectivity index (χ2v) is 9.43. The summed E-state index contributed by atoms with van der Waals surface area (Å²) in [5, 5.41) is 6.91. The lowest BCUT2D eigenvalue weighted by atomic mass is 9.78. The van der Waals surface area contributed by atoms with E-state index in [9.17, 15) is 0 Å². The number of nitrogens with one attached hydrogen (secondary N) is 2. The van der Waals surface area contributed by atoms with Crippen molar-refractivity contribution in [2.24, 2.45) is 16.3 Å². The highest BCUT2D eigenvalue weighted by Crippen LogP contribution is 2.33. The maximum Gasteiger partial charge on any atom is 0.191 e. The van der Waals surface area contributed by atoms with Crippen LogP contribution in [-0.2, 0) is 11.3 Å². The Kier molecular flexibility index (Phi) is 12.8. The zero-order chi connectivity index (χ0) is 22.0. The van der Waals surface area contributed by atoms with Crippen LogP contribution in [0.25, 0.3) is 0 Å². The van der Waals surface area contributed by atoms with Crippen LogP contribution in [-0.4, -0.2) is 63.9 Å². The van der Waals surface area contributed by atoms with Gasteiger partial charge in [-0.2, -0.15) is 0 Å². The van der Waals surface area contributed by atoms with E-state index >= 15 is 0 Å². The van der Waals surface area contributed by atoms with Gasteiger partial charge in [0.2, 0.25) is 0 Å². The fourth-order valence-electron chi connectivity index (χ4n) is 3.83. The molecule has 7 heteroatoms. The van der Waals surface area contributed by atoms with Crippen LogP contribution in [0.15, 0.2) is 29.3 Å². The molecule has 2 unspecified atom stereocenters. The topological polar surface area (TPSA) is 58.1 Å². The third-order valence-corrected chi connectivity index (χ3v) is 5.30. The minimum atomic E-state index is 0. The summed E-state index contributed by atoms with van der Waals surface area (Å²) in [5.41, 5.74) is 1.29. The number of likely N-dealkylation sites (N-methyl/N-ethyl adjacent to an activating group) is 1. The molecule has 0 aromatic heterocycles. The van der Waals surface area contributed by atoms with Crippen molar-refractivity contribution in [2.45, 2.75) is 53.2 Å². The molecule has 1 saturated heterocycles. The molecule has 0 saturated carbocycles. The predicted molar refractivity (Wildman–Crippen MR) is 141 cm³/mol. The Morgan fingerprint density at radius 2 is 2.03 bits per heavy atom. The summed E-state index contributed by atoms with van der Waals surface area (Å²) < 4.78 is 12.0. The highest BCUT2D eigenvalue weighted by atomic mass is 127. The lowest BCUT2D eigenvalue weighted by Gasteiger charge is -2.40. The van der Waals surface area contributed by atoms with Gasteiger partial charge in [-0.05, 0) is 57.0 Å². The van der Waals surface area contributed by atoms with Crippen LogP contribution in [0.5, 0.6) is 5.75 Å². The molecule has 2 rings (SSSR count). The molecular weight excluding hydrogens is 503 g/mol. The first-order valence-electron chi connectivity index (χ1n) is 11.3. The van der Waals surface area contributed by atoms with Crippen molar-refractivity contribution in [3.8, 4) is 5.75 Å². The van der Waals surface area contributed by atoms with Crippen molar-refractivity contribution in [1.29, 1.82) is 0 Å². The Labute approximate surface area is 206 Å². The molecule has 0 spiro atoms. The van der Waals surface area contributed by atoms with Crippen LogP contribution in [0.1, 0.15) is 46.1 Å². The first-order valence-corrected chi connectivity index (χ1v) is 11.3. The zero-order valence-electron chi connectivity index (χ0n) is 20.2. The molecular formula is C24H43IN4O2. The molecule has 2 N–H and O–H groups in total. The Balaban J connectivity index is 0.00000480. The van der Waals surface area contributed by atoms with E-state index in [0.29, 0.717) is 19.1 Å². The van der Waals surface area contributed by atoms with Crippen molar-refractivity contribution >= 4 is 29.9 Å². The molecule has 0 radical (unpaired) electrons. The third kappa shape index (κ3) is 10.4.